The summed E-state index contributed by atoms with van der Waals surface area (Å²) in [5.41, 5.74) is 1.83. The minimum Gasteiger partial charge on any atom is -0.493 e. The summed E-state index contributed by atoms with van der Waals surface area (Å²) in [6, 6.07) is 10.3. The Morgan fingerprint density at radius 2 is 2.11 bits per heavy atom. The molecule has 3 rings (SSSR count). The lowest BCUT2D eigenvalue weighted by molar-refractivity contribution is 0.0704. The predicted molar refractivity (Wildman–Crippen MR) is 103 cm³/mol. The van der Waals surface area contributed by atoms with E-state index in [1.54, 1.807) is 13.2 Å². The highest BCUT2D eigenvalue weighted by molar-refractivity contribution is 5.93. The normalized spacial score (nSPS) is 15.1. The van der Waals surface area contributed by atoms with Crippen molar-refractivity contribution in [2.75, 3.05) is 33.4 Å². The van der Waals surface area contributed by atoms with Crippen molar-refractivity contribution in [1.29, 1.82) is 0 Å². The molecule has 0 bridgehead atoms. The Balaban J connectivity index is 1.40. The number of methoxy groups -OCH3 is 1. The highest BCUT2D eigenvalue weighted by atomic mass is 16.5. The highest BCUT2D eigenvalue weighted by Crippen LogP contribution is 2.17. The number of hydrogen-bond donors (Lipinski definition) is 1. The Labute approximate surface area is 160 Å². The van der Waals surface area contributed by atoms with Gasteiger partial charge in [-0.3, -0.25) is 4.79 Å². The summed E-state index contributed by atoms with van der Waals surface area (Å²) in [5.74, 6) is 0.950. The largest absolute Gasteiger partial charge is 0.493 e. The van der Waals surface area contributed by atoms with Crippen LogP contribution in [0.2, 0.25) is 0 Å². The Kier molecular flexibility index (Phi) is 7.30. The van der Waals surface area contributed by atoms with Gasteiger partial charge in [-0.15, -0.1) is 0 Å². The second kappa shape index (κ2) is 10.1. The molecule has 1 aromatic carbocycles. The van der Waals surface area contributed by atoms with Crippen LogP contribution in [0.15, 0.2) is 47.3 Å². The Morgan fingerprint density at radius 1 is 1.26 bits per heavy atom. The summed E-state index contributed by atoms with van der Waals surface area (Å²) < 4.78 is 15.8. The van der Waals surface area contributed by atoms with E-state index in [0.717, 1.165) is 44.6 Å². The van der Waals surface area contributed by atoms with Crippen molar-refractivity contribution in [3.63, 3.8) is 0 Å². The van der Waals surface area contributed by atoms with Crippen molar-refractivity contribution >= 4 is 5.91 Å². The van der Waals surface area contributed by atoms with E-state index in [0.29, 0.717) is 24.8 Å². The molecule has 0 saturated carbocycles. The fourth-order valence-electron chi connectivity index (χ4n) is 3.26. The van der Waals surface area contributed by atoms with Gasteiger partial charge in [-0.2, -0.15) is 0 Å². The fourth-order valence-corrected chi connectivity index (χ4v) is 3.26. The molecule has 1 N–H and O–H groups in total. The van der Waals surface area contributed by atoms with Crippen molar-refractivity contribution in [1.82, 2.24) is 10.2 Å². The summed E-state index contributed by atoms with van der Waals surface area (Å²) in [6.07, 6.45) is 5.84. The maximum atomic E-state index is 12.3. The Bertz CT molecular complexity index is 694. The van der Waals surface area contributed by atoms with Crippen LogP contribution in [-0.4, -0.2) is 50.3 Å². The number of amides is 1. The molecule has 1 aliphatic rings. The molecule has 0 spiro atoms. The maximum Gasteiger partial charge on any atom is 0.257 e. The van der Waals surface area contributed by atoms with Crippen molar-refractivity contribution < 1.29 is 18.7 Å². The lowest BCUT2D eigenvalue weighted by atomic mass is 10.0. The molecule has 1 fully saturated rings. The van der Waals surface area contributed by atoms with Crippen LogP contribution in [0.4, 0.5) is 0 Å². The number of carbonyl (C=O) groups excluding carboxylic acids is 1. The smallest absolute Gasteiger partial charge is 0.257 e. The number of ether oxygens (including phenoxy) is 2. The van der Waals surface area contributed by atoms with E-state index in [9.17, 15) is 4.79 Å². The lowest BCUT2D eigenvalue weighted by Crippen LogP contribution is -2.44. The molecular weight excluding hydrogens is 344 g/mol. The van der Waals surface area contributed by atoms with Gasteiger partial charge >= 0.3 is 0 Å². The van der Waals surface area contributed by atoms with Gasteiger partial charge in [-0.1, -0.05) is 12.1 Å². The number of furan rings is 1. The van der Waals surface area contributed by atoms with E-state index < -0.39 is 0 Å². The second-order valence-corrected chi connectivity index (χ2v) is 6.80. The van der Waals surface area contributed by atoms with Crippen molar-refractivity contribution in [3.05, 3.63) is 54.0 Å². The first-order valence-corrected chi connectivity index (χ1v) is 9.52. The average molecular weight is 372 g/mol. The number of nitrogens with zero attached hydrogens (tertiary/aromatic N) is 1. The van der Waals surface area contributed by atoms with Gasteiger partial charge in [0.05, 0.1) is 18.4 Å². The third-order valence-corrected chi connectivity index (χ3v) is 4.81. The summed E-state index contributed by atoms with van der Waals surface area (Å²) in [5, 5.41) is 3.60. The van der Waals surface area contributed by atoms with Gasteiger partial charge in [0.1, 0.15) is 12.0 Å². The fraction of sp³-hybridized carbons (Fsp3) is 0.476. The number of piperidine rings is 1. The van der Waals surface area contributed by atoms with Crippen LogP contribution in [0.1, 0.15) is 35.2 Å². The van der Waals surface area contributed by atoms with Crippen molar-refractivity contribution in [2.24, 2.45) is 0 Å². The standard InChI is InChI=1S/C21H28N2O4/c1-25-11-3-12-27-20-5-2-4-17(14-20)15-22-19-6-9-23(10-7-19)21(24)18-8-13-26-16-18/h2,4-5,8,13-14,16,19,22H,3,6-7,9-12,15H2,1H3. The van der Waals surface area contributed by atoms with E-state index in [-0.39, 0.29) is 5.91 Å². The molecule has 1 amide bonds. The van der Waals surface area contributed by atoms with Crippen LogP contribution in [0.3, 0.4) is 0 Å². The summed E-state index contributed by atoms with van der Waals surface area (Å²) in [6.45, 7) is 3.71. The van der Waals surface area contributed by atoms with Crippen LogP contribution in [0.5, 0.6) is 5.75 Å². The highest BCUT2D eigenvalue weighted by Gasteiger charge is 2.23. The van der Waals surface area contributed by atoms with E-state index in [1.807, 2.05) is 17.0 Å². The first-order valence-electron chi connectivity index (χ1n) is 9.52. The maximum absolute atomic E-state index is 12.3. The first kappa shape index (κ1) is 19.5. The van der Waals surface area contributed by atoms with E-state index in [2.05, 4.69) is 17.4 Å². The van der Waals surface area contributed by atoms with Gasteiger partial charge in [0.15, 0.2) is 0 Å². The minimum absolute atomic E-state index is 0.0560. The zero-order valence-corrected chi connectivity index (χ0v) is 15.9. The molecule has 6 heteroatoms. The van der Waals surface area contributed by atoms with Crippen molar-refractivity contribution in [2.45, 2.75) is 31.8 Å². The topological polar surface area (TPSA) is 63.9 Å². The predicted octanol–water partition coefficient (Wildman–Crippen LogP) is 3.09. The molecule has 1 saturated heterocycles. The zero-order valence-electron chi connectivity index (χ0n) is 15.9. The molecule has 0 aliphatic carbocycles. The van der Waals surface area contributed by atoms with Gasteiger partial charge < -0.3 is 24.1 Å². The molecule has 0 unspecified atom stereocenters. The van der Waals surface area contributed by atoms with E-state index in [4.69, 9.17) is 13.9 Å². The number of carbonyl (C=O) groups is 1. The van der Waals surface area contributed by atoms with Crippen molar-refractivity contribution in [3.8, 4) is 5.75 Å². The van der Waals surface area contributed by atoms with Gasteiger partial charge in [-0.25, -0.2) is 0 Å². The van der Waals surface area contributed by atoms with E-state index in [1.165, 1.54) is 18.1 Å². The van der Waals surface area contributed by atoms with Crippen LogP contribution in [0.25, 0.3) is 0 Å². The molecule has 6 nitrogen and oxygen atoms in total. The molecule has 27 heavy (non-hydrogen) atoms. The monoisotopic (exact) mass is 372 g/mol. The molecule has 0 radical (unpaired) electrons. The summed E-state index contributed by atoms with van der Waals surface area (Å²) >= 11 is 0. The number of likely N-dealkylation sites (tertiary alicyclic amines) is 1. The third-order valence-electron chi connectivity index (χ3n) is 4.81. The van der Waals surface area contributed by atoms with E-state index >= 15 is 0 Å². The minimum atomic E-state index is 0.0560. The van der Waals surface area contributed by atoms with Gasteiger partial charge in [-0.05, 0) is 36.6 Å². The summed E-state index contributed by atoms with van der Waals surface area (Å²) in [7, 11) is 1.70. The summed E-state index contributed by atoms with van der Waals surface area (Å²) in [4.78, 5) is 14.2. The van der Waals surface area contributed by atoms with Crippen LogP contribution >= 0.6 is 0 Å². The van der Waals surface area contributed by atoms with Crippen LogP contribution in [-0.2, 0) is 11.3 Å². The SMILES string of the molecule is COCCCOc1cccc(CNC2CCN(C(=O)c3ccoc3)CC2)c1. The molecular formula is C21H28N2O4. The number of nitrogens with one attached hydrogen (secondary N) is 1. The van der Waals surface area contributed by atoms with Gasteiger partial charge in [0.2, 0.25) is 0 Å². The number of benzene rings is 1. The molecule has 2 heterocycles. The quantitative estimate of drug-likeness (QED) is 0.686. The van der Waals surface area contributed by atoms with Gasteiger partial charge in [0.25, 0.3) is 5.91 Å². The first-order chi connectivity index (χ1) is 13.3. The number of hydrogen-bond acceptors (Lipinski definition) is 5. The molecule has 1 aromatic heterocycles. The molecule has 146 valence electrons. The second-order valence-electron chi connectivity index (χ2n) is 6.80. The molecule has 2 aromatic rings. The molecule has 0 atom stereocenters. The number of rotatable bonds is 9. The van der Waals surface area contributed by atoms with Gasteiger partial charge in [0, 0.05) is 45.8 Å². The Hall–Kier alpha value is -2.31. The average Bonchev–Trinajstić information content (AvgIpc) is 3.25. The zero-order chi connectivity index (χ0) is 18.9. The Morgan fingerprint density at radius 3 is 2.85 bits per heavy atom. The third kappa shape index (κ3) is 5.84. The molecule has 1 aliphatic heterocycles. The van der Waals surface area contributed by atoms with Crippen LogP contribution in [0, 0.1) is 0 Å². The lowest BCUT2D eigenvalue weighted by Gasteiger charge is -2.32. The van der Waals surface area contributed by atoms with Crippen LogP contribution < -0.4 is 10.1 Å².